The summed E-state index contributed by atoms with van der Waals surface area (Å²) in [6, 6.07) is 0.678. The minimum Gasteiger partial charge on any atom is -0.379 e. The molecule has 1 aliphatic carbocycles. The molecule has 0 aromatic carbocycles. The molecule has 0 radical (unpaired) electrons. The van der Waals surface area contributed by atoms with E-state index in [1.54, 1.807) is 6.33 Å². The van der Waals surface area contributed by atoms with Crippen LogP contribution in [0.15, 0.2) is 6.33 Å². The Kier molecular flexibility index (Phi) is 4.49. The van der Waals surface area contributed by atoms with E-state index in [1.807, 2.05) is 0 Å². The summed E-state index contributed by atoms with van der Waals surface area (Å²) in [5.41, 5.74) is 2.71. The maximum atomic E-state index is 5.49. The number of fused-ring (bicyclic) bond motifs is 1. The molecule has 3 heterocycles. The summed E-state index contributed by atoms with van der Waals surface area (Å²) in [4.78, 5) is 14.2. The van der Waals surface area contributed by atoms with Gasteiger partial charge in [0.05, 0.1) is 13.2 Å². The largest absolute Gasteiger partial charge is 0.379 e. The molecule has 0 bridgehead atoms. The highest BCUT2D eigenvalue weighted by Crippen LogP contribution is 2.32. The summed E-state index contributed by atoms with van der Waals surface area (Å²) in [5.74, 6) is 2.03. The van der Waals surface area contributed by atoms with Gasteiger partial charge in [0.2, 0.25) is 0 Å². The van der Waals surface area contributed by atoms with E-state index in [-0.39, 0.29) is 0 Å². The predicted molar refractivity (Wildman–Crippen MR) is 90.8 cm³/mol. The van der Waals surface area contributed by atoms with Crippen molar-refractivity contribution in [2.24, 2.45) is 5.92 Å². The van der Waals surface area contributed by atoms with Gasteiger partial charge in [-0.05, 0) is 44.9 Å². The second-order valence-corrected chi connectivity index (χ2v) is 7.19. The van der Waals surface area contributed by atoms with E-state index in [0.29, 0.717) is 6.04 Å². The fraction of sp³-hybridized carbons (Fsp3) is 0.778. The number of hydrogen-bond acceptors (Lipinski definition) is 5. The molecule has 4 rings (SSSR count). The average molecular weight is 316 g/mol. The Morgan fingerprint density at radius 3 is 2.65 bits per heavy atom. The normalized spacial score (nSPS) is 24.7. The molecule has 2 aliphatic heterocycles. The van der Waals surface area contributed by atoms with E-state index < -0.39 is 0 Å². The number of aryl methyl sites for hydroxylation is 1. The molecule has 1 aromatic rings. The predicted octanol–water partition coefficient (Wildman–Crippen LogP) is 1.90. The molecule has 0 N–H and O–H groups in total. The SMILES string of the molecule is C[C@H](C1CCN(c2ncnc3c2CCC3)CC1)N1CCOCC1. The number of anilines is 1. The molecule has 1 aromatic heterocycles. The van der Waals surface area contributed by atoms with Gasteiger partial charge in [0.25, 0.3) is 0 Å². The van der Waals surface area contributed by atoms with Gasteiger partial charge in [0.1, 0.15) is 12.1 Å². The van der Waals surface area contributed by atoms with Gasteiger partial charge in [0.15, 0.2) is 0 Å². The van der Waals surface area contributed by atoms with Crippen molar-refractivity contribution in [3.63, 3.8) is 0 Å². The molecule has 5 heteroatoms. The van der Waals surface area contributed by atoms with Crippen LogP contribution in [0.25, 0.3) is 0 Å². The summed E-state index contributed by atoms with van der Waals surface area (Å²) in [5, 5.41) is 0. The lowest BCUT2D eigenvalue weighted by Gasteiger charge is -2.41. The lowest BCUT2D eigenvalue weighted by Crippen LogP contribution is -2.48. The fourth-order valence-corrected chi connectivity index (χ4v) is 4.49. The van der Waals surface area contributed by atoms with E-state index >= 15 is 0 Å². The summed E-state index contributed by atoms with van der Waals surface area (Å²) in [6.45, 7) is 8.69. The van der Waals surface area contributed by atoms with Gasteiger partial charge in [-0.15, -0.1) is 0 Å². The van der Waals surface area contributed by atoms with Crippen LogP contribution in [-0.2, 0) is 17.6 Å². The van der Waals surface area contributed by atoms with Crippen LogP contribution in [-0.4, -0.2) is 60.3 Å². The third-order valence-electron chi connectivity index (χ3n) is 6.00. The quantitative estimate of drug-likeness (QED) is 0.852. The van der Waals surface area contributed by atoms with Crippen LogP contribution < -0.4 is 4.90 Å². The summed E-state index contributed by atoms with van der Waals surface area (Å²) in [6.07, 6.45) is 7.85. The highest BCUT2D eigenvalue weighted by Gasteiger charge is 2.30. The van der Waals surface area contributed by atoms with E-state index in [2.05, 4.69) is 26.7 Å². The Balaban J connectivity index is 1.38. The zero-order valence-electron chi connectivity index (χ0n) is 14.2. The van der Waals surface area contributed by atoms with Crippen molar-refractivity contribution in [2.45, 2.75) is 45.1 Å². The molecule has 1 atom stereocenters. The molecule has 0 spiro atoms. The number of nitrogens with zero attached hydrogens (tertiary/aromatic N) is 4. The highest BCUT2D eigenvalue weighted by atomic mass is 16.5. The molecule has 2 fully saturated rings. The molecule has 0 unspecified atom stereocenters. The number of aromatic nitrogens is 2. The van der Waals surface area contributed by atoms with Gasteiger partial charge in [-0.2, -0.15) is 0 Å². The van der Waals surface area contributed by atoms with Crippen molar-refractivity contribution < 1.29 is 4.74 Å². The van der Waals surface area contributed by atoms with Crippen molar-refractivity contribution >= 4 is 5.82 Å². The molecular weight excluding hydrogens is 288 g/mol. The smallest absolute Gasteiger partial charge is 0.135 e. The van der Waals surface area contributed by atoms with E-state index in [0.717, 1.165) is 58.2 Å². The van der Waals surface area contributed by atoms with Crippen LogP contribution >= 0.6 is 0 Å². The van der Waals surface area contributed by atoms with Gasteiger partial charge >= 0.3 is 0 Å². The van der Waals surface area contributed by atoms with Gasteiger partial charge < -0.3 is 9.64 Å². The Bertz CT molecular complexity index is 536. The van der Waals surface area contributed by atoms with Crippen LogP contribution in [0.3, 0.4) is 0 Å². The maximum absolute atomic E-state index is 5.49. The second kappa shape index (κ2) is 6.73. The molecule has 126 valence electrons. The lowest BCUT2D eigenvalue weighted by atomic mass is 9.89. The van der Waals surface area contributed by atoms with E-state index in [1.165, 1.54) is 36.3 Å². The van der Waals surface area contributed by atoms with E-state index in [9.17, 15) is 0 Å². The minimum absolute atomic E-state index is 0.678. The summed E-state index contributed by atoms with van der Waals surface area (Å²) >= 11 is 0. The van der Waals surface area contributed by atoms with Gasteiger partial charge in [-0.25, -0.2) is 9.97 Å². The van der Waals surface area contributed by atoms with Gasteiger partial charge in [0, 0.05) is 43.5 Å². The number of morpholine rings is 1. The van der Waals surface area contributed by atoms with Crippen LogP contribution in [0.5, 0.6) is 0 Å². The van der Waals surface area contributed by atoms with Crippen molar-refractivity contribution in [1.82, 2.24) is 14.9 Å². The molecule has 5 nitrogen and oxygen atoms in total. The molecule has 2 saturated heterocycles. The first-order chi connectivity index (χ1) is 11.3. The number of ether oxygens (including phenoxy) is 1. The first kappa shape index (κ1) is 15.3. The monoisotopic (exact) mass is 316 g/mol. The third-order valence-corrected chi connectivity index (χ3v) is 6.00. The zero-order valence-corrected chi connectivity index (χ0v) is 14.2. The van der Waals surface area contributed by atoms with Crippen LogP contribution in [0.2, 0.25) is 0 Å². The lowest BCUT2D eigenvalue weighted by molar-refractivity contribution is 0.00447. The molecule has 0 amide bonds. The van der Waals surface area contributed by atoms with Crippen molar-refractivity contribution in [3.8, 4) is 0 Å². The van der Waals surface area contributed by atoms with E-state index in [4.69, 9.17) is 4.74 Å². The van der Waals surface area contributed by atoms with Crippen LogP contribution in [0, 0.1) is 5.92 Å². The number of piperidine rings is 1. The third kappa shape index (κ3) is 3.09. The average Bonchev–Trinajstić information content (AvgIpc) is 3.11. The standard InChI is InChI=1S/C18H28N4O/c1-14(21-9-11-23-12-10-21)15-5-7-22(8-6-15)18-16-3-2-4-17(16)19-13-20-18/h13-15H,2-12H2,1H3/t14-/m1/s1. The summed E-state index contributed by atoms with van der Waals surface area (Å²) < 4.78 is 5.49. The van der Waals surface area contributed by atoms with Crippen molar-refractivity contribution in [2.75, 3.05) is 44.3 Å². The minimum atomic E-state index is 0.678. The Morgan fingerprint density at radius 2 is 1.87 bits per heavy atom. The second-order valence-electron chi connectivity index (χ2n) is 7.19. The zero-order chi connectivity index (χ0) is 15.6. The van der Waals surface area contributed by atoms with Crippen LogP contribution in [0.1, 0.15) is 37.4 Å². The van der Waals surface area contributed by atoms with Gasteiger partial charge in [-0.1, -0.05) is 0 Å². The Hall–Kier alpha value is -1.20. The Labute approximate surface area is 139 Å². The Morgan fingerprint density at radius 1 is 1.09 bits per heavy atom. The van der Waals surface area contributed by atoms with Gasteiger partial charge in [-0.3, -0.25) is 4.90 Å². The molecular formula is C18H28N4O. The maximum Gasteiger partial charge on any atom is 0.135 e. The highest BCUT2D eigenvalue weighted by molar-refractivity contribution is 5.50. The molecule has 0 saturated carbocycles. The fourth-order valence-electron chi connectivity index (χ4n) is 4.49. The summed E-state index contributed by atoms with van der Waals surface area (Å²) in [7, 11) is 0. The first-order valence-electron chi connectivity index (χ1n) is 9.22. The number of hydrogen-bond donors (Lipinski definition) is 0. The molecule has 23 heavy (non-hydrogen) atoms. The topological polar surface area (TPSA) is 41.5 Å². The van der Waals surface area contributed by atoms with Crippen molar-refractivity contribution in [1.29, 1.82) is 0 Å². The van der Waals surface area contributed by atoms with Crippen molar-refractivity contribution in [3.05, 3.63) is 17.6 Å². The first-order valence-corrected chi connectivity index (χ1v) is 9.22. The molecule has 3 aliphatic rings. The number of rotatable bonds is 3. The van der Waals surface area contributed by atoms with Crippen LogP contribution in [0.4, 0.5) is 5.82 Å².